The van der Waals surface area contributed by atoms with Crippen molar-refractivity contribution in [3.63, 3.8) is 0 Å². The highest BCUT2D eigenvalue weighted by atomic mass is 32.2. The molecule has 7 amide bonds. The van der Waals surface area contributed by atoms with E-state index in [4.69, 9.17) is 4.74 Å². The summed E-state index contributed by atoms with van der Waals surface area (Å²) in [6.45, 7) is 5.08. The predicted octanol–water partition coefficient (Wildman–Crippen LogP) is -0.0726. The molecule has 3 aliphatic heterocycles. The summed E-state index contributed by atoms with van der Waals surface area (Å²) >= 11 is 0. The average molecular weight is 1160 g/mol. The maximum Gasteiger partial charge on any atom is 0.251 e. The van der Waals surface area contributed by atoms with Crippen LogP contribution in [0.5, 0.6) is 11.5 Å². The van der Waals surface area contributed by atoms with E-state index in [1.807, 2.05) is 48.5 Å². The van der Waals surface area contributed by atoms with Crippen molar-refractivity contribution in [1.29, 1.82) is 0 Å². The molecule has 82 heavy (non-hydrogen) atoms. The first kappa shape index (κ1) is 62.1. The number of carbonyl (C=O) groups is 7. The second-order valence-electron chi connectivity index (χ2n) is 21.3. The van der Waals surface area contributed by atoms with Gasteiger partial charge in [-0.2, -0.15) is 0 Å². The number of sulfone groups is 1. The molecule has 3 heterocycles. The van der Waals surface area contributed by atoms with E-state index in [1.54, 1.807) is 12.1 Å². The van der Waals surface area contributed by atoms with Gasteiger partial charge in [0.05, 0.1) is 48.6 Å². The van der Waals surface area contributed by atoms with E-state index in [2.05, 4.69) is 33.5 Å². The van der Waals surface area contributed by atoms with Crippen LogP contribution in [0.3, 0.4) is 0 Å². The van der Waals surface area contributed by atoms with E-state index in [-0.39, 0.29) is 24.3 Å². The van der Waals surface area contributed by atoms with Gasteiger partial charge in [-0.25, -0.2) is 8.42 Å². The summed E-state index contributed by atoms with van der Waals surface area (Å²) < 4.78 is 33.7. The number of aromatic hydroxyl groups is 1. The fourth-order valence-electron chi connectivity index (χ4n) is 10.2. The molecule has 24 heteroatoms. The lowest BCUT2D eigenvalue weighted by Gasteiger charge is -2.33. The van der Waals surface area contributed by atoms with Crippen molar-refractivity contribution in [2.75, 3.05) is 37.7 Å². The van der Waals surface area contributed by atoms with E-state index in [0.29, 0.717) is 17.7 Å². The Labute approximate surface area is 475 Å². The zero-order chi connectivity index (χ0) is 59.6. The molecule has 3 aliphatic rings. The van der Waals surface area contributed by atoms with Crippen molar-refractivity contribution in [2.24, 2.45) is 5.92 Å². The van der Waals surface area contributed by atoms with Crippen molar-refractivity contribution in [3.8, 4) is 33.8 Å². The maximum atomic E-state index is 14.5. The molecule has 0 spiro atoms. The topological polar surface area (TPSA) is 351 Å². The van der Waals surface area contributed by atoms with Crippen molar-refractivity contribution >= 4 is 51.2 Å². The number of rotatable bonds is 14. The van der Waals surface area contributed by atoms with Crippen LogP contribution in [0.1, 0.15) is 69.3 Å². The van der Waals surface area contributed by atoms with Crippen molar-refractivity contribution < 1.29 is 77.4 Å². The molecule has 7 rings (SSSR count). The van der Waals surface area contributed by atoms with Crippen LogP contribution in [0.2, 0.25) is 0 Å². The Morgan fingerprint density at radius 1 is 0.695 bits per heavy atom. The molecule has 4 aromatic rings. The van der Waals surface area contributed by atoms with Gasteiger partial charge in [-0.3, -0.25) is 33.6 Å². The summed E-state index contributed by atoms with van der Waals surface area (Å²) in [5, 5.41) is 77.5. The number of amides is 7. The third-order valence-electron chi connectivity index (χ3n) is 14.9. The highest BCUT2D eigenvalue weighted by Crippen LogP contribution is 2.29. The summed E-state index contributed by atoms with van der Waals surface area (Å²) in [5.41, 5.74) is 3.81. The molecule has 3 saturated heterocycles. The molecule has 0 saturated carbocycles. The molecule has 12 atom stereocenters. The number of aliphatic hydroxyl groups excluding tert-OH is 5. The van der Waals surface area contributed by atoms with Gasteiger partial charge in [-0.05, 0) is 84.5 Å². The highest BCUT2D eigenvalue weighted by Gasteiger charge is 2.49. The Morgan fingerprint density at radius 2 is 1.23 bits per heavy atom. The molecular weight excluding hydrogens is 1080 g/mol. The van der Waals surface area contributed by atoms with Crippen LogP contribution in [0.15, 0.2) is 97.1 Å². The molecule has 442 valence electrons. The molecule has 2 unspecified atom stereocenters. The fraction of sp³-hybridized carbons (Fsp3) is 0.466. The number of carbonyl (C=O) groups excluding carboxylic acids is 7. The largest absolute Gasteiger partial charge is 0.508 e. The van der Waals surface area contributed by atoms with E-state index in [1.165, 1.54) is 43.3 Å². The van der Waals surface area contributed by atoms with Gasteiger partial charge in [0, 0.05) is 44.0 Å². The molecule has 0 bridgehead atoms. The first-order valence-corrected chi connectivity index (χ1v) is 29.2. The molecule has 0 aromatic heterocycles. The molecule has 23 nitrogen and oxygen atoms in total. The first-order chi connectivity index (χ1) is 38.9. The number of phenols is 1. The van der Waals surface area contributed by atoms with Gasteiger partial charge >= 0.3 is 0 Å². The van der Waals surface area contributed by atoms with Gasteiger partial charge in [0.15, 0.2) is 9.84 Å². The second kappa shape index (κ2) is 27.5. The lowest BCUT2D eigenvalue weighted by molar-refractivity contribution is -0.147. The van der Waals surface area contributed by atoms with E-state index in [9.17, 15) is 72.6 Å². The van der Waals surface area contributed by atoms with Gasteiger partial charge in [0.1, 0.15) is 47.8 Å². The van der Waals surface area contributed by atoms with E-state index < -0.39 is 155 Å². The van der Waals surface area contributed by atoms with Crippen molar-refractivity contribution in [3.05, 3.63) is 108 Å². The molecule has 4 aromatic carbocycles. The summed E-state index contributed by atoms with van der Waals surface area (Å²) in [6.07, 6.45) is -5.84. The lowest BCUT2D eigenvalue weighted by atomic mass is 9.99. The van der Waals surface area contributed by atoms with Gasteiger partial charge in [0.25, 0.3) is 5.91 Å². The Morgan fingerprint density at radius 3 is 1.80 bits per heavy atom. The first-order valence-electron chi connectivity index (χ1n) is 27.4. The third-order valence-corrected chi connectivity index (χ3v) is 16.6. The molecule has 0 radical (unpaired) electrons. The quantitative estimate of drug-likeness (QED) is 0.0736. The van der Waals surface area contributed by atoms with Gasteiger partial charge in [-0.15, -0.1) is 0 Å². The number of aliphatic hydroxyl groups is 5. The fourth-order valence-corrected chi connectivity index (χ4v) is 11.5. The number of phenolic OH excluding ortho intramolecular Hbond substituents is 1. The SMILES string of the molecule is CCCCCOc1ccc(-c2ccc(-c3ccc(C(=O)NC4CS(=O)(=O)CCNC(=O)[C@@H]5[C@@H](O)[C@@H](C)CN5C(=O)[C@H]([C@@H](C)O)NC(=O)C([C@H](O)Cc5ccc(O)cc5)NC(=O)[C@@H]5C[C@@H](O)CN5C(=O)[C@H]([C@@H](C)O)NC4=O)cc3)cc2)cc1. The van der Waals surface area contributed by atoms with Gasteiger partial charge in [0.2, 0.25) is 35.4 Å². The zero-order valence-electron chi connectivity index (χ0n) is 46.0. The normalized spacial score (nSPS) is 26.1. The predicted molar refractivity (Wildman–Crippen MR) is 299 cm³/mol. The minimum atomic E-state index is -4.48. The molecule has 0 aliphatic carbocycles. The third kappa shape index (κ3) is 15.5. The number of fused-ring (bicyclic) bond motifs is 2. The Hall–Kier alpha value is -7.48. The van der Waals surface area contributed by atoms with Gasteiger partial charge in [-0.1, -0.05) is 87.4 Å². The minimum absolute atomic E-state index is 0.00231. The smallest absolute Gasteiger partial charge is 0.251 e. The number of benzene rings is 4. The number of nitrogens with zero attached hydrogens (tertiary/aromatic N) is 2. The Bertz CT molecular complexity index is 3020. The standard InChI is InChI=1S/C58H73N7O16S/c1-5-6-7-25-81-43-22-18-39(19-23-43)37-12-10-36(11-13-37)38-14-16-40(17-15-38)52(72)60-44-31-82(79,80)26-24-59-56(76)50-51(71)32(2)29-65(50)58(78)48(34(4)67)62-55(75)49(46(70)27-35-8-20-41(68)21-9-35)63-54(74)45-28-42(69)30-64(45)57(77)47(33(3)66)61-53(44)73/h8-23,32-34,42,44-51,66-71H,5-7,24-31H2,1-4H3,(H,59,76)(H,60,72)(H,61,73)(H,62,75)(H,63,74)/t32-,33+,34+,42+,44?,45-,46+,47-,48-,49?,50-,51-/m0/s1. The lowest BCUT2D eigenvalue weighted by Crippen LogP contribution is -2.64. The van der Waals surface area contributed by atoms with Crippen molar-refractivity contribution in [1.82, 2.24) is 36.4 Å². The van der Waals surface area contributed by atoms with Crippen molar-refractivity contribution in [2.45, 2.75) is 127 Å². The van der Waals surface area contributed by atoms with Crippen LogP contribution in [-0.4, -0.2) is 195 Å². The summed E-state index contributed by atoms with van der Waals surface area (Å²) in [4.78, 5) is 101. The van der Waals surface area contributed by atoms with E-state index >= 15 is 0 Å². The average Bonchev–Trinajstić information content (AvgIpc) is 4.20. The van der Waals surface area contributed by atoms with Crippen LogP contribution in [0.4, 0.5) is 0 Å². The molecular formula is C58H73N7O16S. The maximum absolute atomic E-state index is 14.5. The van der Waals surface area contributed by atoms with Crippen LogP contribution in [-0.2, 0) is 45.0 Å². The number of hydrogen-bond acceptors (Lipinski definition) is 16. The van der Waals surface area contributed by atoms with Crippen LogP contribution in [0, 0.1) is 5.92 Å². The Kier molecular flexibility index (Phi) is 20.9. The highest BCUT2D eigenvalue weighted by molar-refractivity contribution is 7.91. The van der Waals surface area contributed by atoms with Crippen LogP contribution < -0.4 is 31.3 Å². The summed E-state index contributed by atoms with van der Waals surface area (Å²) in [5.74, 6) is -9.88. The number of ether oxygens (including phenoxy) is 1. The second-order valence-corrected chi connectivity index (χ2v) is 23.6. The summed E-state index contributed by atoms with van der Waals surface area (Å²) in [7, 11) is -4.48. The number of unbranched alkanes of at least 4 members (excludes halogenated alkanes) is 2. The summed E-state index contributed by atoms with van der Waals surface area (Å²) in [6, 6.07) is 16.1. The van der Waals surface area contributed by atoms with Gasteiger partial charge < -0.3 is 71.8 Å². The molecule has 11 N–H and O–H groups in total. The number of nitrogens with one attached hydrogen (secondary N) is 5. The minimum Gasteiger partial charge on any atom is -0.508 e. The molecule has 3 fully saturated rings. The Balaban J connectivity index is 1.16. The van der Waals surface area contributed by atoms with E-state index in [0.717, 1.165) is 65.3 Å². The number of hydrogen-bond donors (Lipinski definition) is 11. The van der Waals surface area contributed by atoms with Crippen LogP contribution in [0.25, 0.3) is 22.3 Å². The zero-order valence-corrected chi connectivity index (χ0v) is 46.8. The monoisotopic (exact) mass is 1160 g/mol. The van der Waals surface area contributed by atoms with Crippen LogP contribution >= 0.6 is 0 Å².